The Labute approximate surface area is 210 Å². The third kappa shape index (κ3) is 5.84. The van der Waals surface area contributed by atoms with Gasteiger partial charge in [0.25, 0.3) is 0 Å². The number of phenolic OH excluding ortho intramolecular Hbond substituents is 4. The van der Waals surface area contributed by atoms with Gasteiger partial charge in [0.05, 0.1) is 14.2 Å². The predicted molar refractivity (Wildman–Crippen MR) is 139 cm³/mol. The third-order valence-corrected chi connectivity index (χ3v) is 6.32. The Bertz CT molecular complexity index is 1360. The summed E-state index contributed by atoms with van der Waals surface area (Å²) in [7, 11) is 3.24. The second-order valence-corrected chi connectivity index (χ2v) is 8.78. The maximum Gasteiger partial charge on any atom is 0.157 e. The summed E-state index contributed by atoms with van der Waals surface area (Å²) in [5.74, 6) is 0.740. The fraction of sp³-hybridized carbons (Fsp3) is 0.200. The van der Waals surface area contributed by atoms with Crippen LogP contribution in [0.5, 0.6) is 34.5 Å². The molecule has 0 aliphatic heterocycles. The van der Waals surface area contributed by atoms with Crippen molar-refractivity contribution in [3.05, 3.63) is 106 Å². The average molecular weight is 487 g/mol. The van der Waals surface area contributed by atoms with Gasteiger partial charge >= 0.3 is 0 Å². The van der Waals surface area contributed by atoms with Crippen LogP contribution in [0.4, 0.5) is 0 Å². The Kier molecular flexibility index (Phi) is 7.54. The Morgan fingerprint density at radius 3 is 1.50 bits per heavy atom. The number of ether oxygens (including phenoxy) is 2. The number of methoxy groups -OCH3 is 2. The molecule has 36 heavy (non-hydrogen) atoms. The van der Waals surface area contributed by atoms with E-state index < -0.39 is 0 Å². The van der Waals surface area contributed by atoms with E-state index in [1.807, 2.05) is 48.5 Å². The lowest BCUT2D eigenvalue weighted by atomic mass is 9.90. The molecule has 6 heteroatoms. The molecular weight excluding hydrogens is 456 g/mol. The zero-order valence-electron chi connectivity index (χ0n) is 20.4. The minimum absolute atomic E-state index is 0.176. The standard InChI is InChI=1S/C30H30O6/c1-35-25-7-3-5-19(12-25)9-10-21-15-27(31)29(33)17-23(21)14-24-18-30(34)28(32)16-22(24)11-20-6-4-8-26(13-20)36-2/h3-8,12-13,15-18,31-34H,9-11,14H2,1-2H3. The second-order valence-electron chi connectivity index (χ2n) is 8.78. The third-order valence-electron chi connectivity index (χ3n) is 6.32. The molecule has 0 saturated carbocycles. The van der Waals surface area contributed by atoms with Crippen LogP contribution in [0.25, 0.3) is 0 Å². The van der Waals surface area contributed by atoms with Crippen LogP contribution in [0, 0.1) is 0 Å². The molecule has 0 amide bonds. The van der Waals surface area contributed by atoms with Crippen LogP contribution in [-0.4, -0.2) is 34.6 Å². The molecule has 0 unspecified atom stereocenters. The van der Waals surface area contributed by atoms with Crippen molar-refractivity contribution in [1.29, 1.82) is 0 Å². The summed E-state index contributed by atoms with van der Waals surface area (Å²) in [5, 5.41) is 40.9. The quantitative estimate of drug-likeness (QED) is 0.233. The first-order chi connectivity index (χ1) is 17.4. The van der Waals surface area contributed by atoms with Crippen molar-refractivity contribution in [2.45, 2.75) is 25.7 Å². The highest BCUT2D eigenvalue weighted by Crippen LogP contribution is 2.35. The highest BCUT2D eigenvalue weighted by Gasteiger charge is 2.15. The van der Waals surface area contributed by atoms with Crippen molar-refractivity contribution in [3.8, 4) is 34.5 Å². The van der Waals surface area contributed by atoms with Crippen LogP contribution in [-0.2, 0) is 25.7 Å². The molecule has 4 N–H and O–H groups in total. The number of benzene rings is 4. The molecule has 0 aliphatic carbocycles. The Balaban J connectivity index is 1.66. The summed E-state index contributed by atoms with van der Waals surface area (Å²) in [6, 6.07) is 21.8. The Morgan fingerprint density at radius 1 is 0.500 bits per heavy atom. The predicted octanol–water partition coefficient (Wildman–Crippen LogP) is 5.49. The van der Waals surface area contributed by atoms with Crippen LogP contribution in [0.3, 0.4) is 0 Å². The maximum absolute atomic E-state index is 10.2. The zero-order valence-corrected chi connectivity index (χ0v) is 20.4. The van der Waals surface area contributed by atoms with Crippen molar-refractivity contribution in [1.82, 2.24) is 0 Å². The van der Waals surface area contributed by atoms with Crippen molar-refractivity contribution in [2.24, 2.45) is 0 Å². The number of hydrogen-bond acceptors (Lipinski definition) is 6. The lowest BCUT2D eigenvalue weighted by Gasteiger charge is -2.16. The highest BCUT2D eigenvalue weighted by molar-refractivity contribution is 5.52. The SMILES string of the molecule is COc1cccc(CCc2cc(O)c(O)cc2Cc2cc(O)c(O)cc2Cc2cccc(OC)c2)c1. The van der Waals surface area contributed by atoms with Gasteiger partial charge in [-0.2, -0.15) is 0 Å². The number of hydrogen-bond donors (Lipinski definition) is 4. The molecule has 4 rings (SSSR count). The largest absolute Gasteiger partial charge is 0.504 e. The lowest BCUT2D eigenvalue weighted by Crippen LogP contribution is -2.02. The van der Waals surface area contributed by atoms with Gasteiger partial charge in [-0.1, -0.05) is 24.3 Å². The molecule has 0 atom stereocenters. The molecular formula is C30H30O6. The molecule has 0 spiro atoms. The van der Waals surface area contributed by atoms with Gasteiger partial charge in [0.1, 0.15) is 11.5 Å². The molecule has 0 heterocycles. The first-order valence-corrected chi connectivity index (χ1v) is 11.7. The van der Waals surface area contributed by atoms with Crippen molar-refractivity contribution in [2.75, 3.05) is 14.2 Å². The van der Waals surface area contributed by atoms with Crippen molar-refractivity contribution in [3.63, 3.8) is 0 Å². The summed E-state index contributed by atoms with van der Waals surface area (Å²) < 4.78 is 10.6. The topological polar surface area (TPSA) is 99.4 Å². The number of phenols is 4. The lowest BCUT2D eigenvalue weighted by molar-refractivity contribution is 0.402. The molecule has 0 saturated heterocycles. The summed E-state index contributed by atoms with van der Waals surface area (Å²) >= 11 is 0. The monoisotopic (exact) mass is 486 g/mol. The molecule has 4 aromatic rings. The van der Waals surface area contributed by atoms with E-state index in [0.29, 0.717) is 25.7 Å². The van der Waals surface area contributed by atoms with E-state index in [2.05, 4.69) is 0 Å². The van der Waals surface area contributed by atoms with E-state index >= 15 is 0 Å². The van der Waals surface area contributed by atoms with E-state index in [-0.39, 0.29) is 23.0 Å². The molecule has 0 fully saturated rings. The molecule has 0 aromatic heterocycles. The van der Waals surface area contributed by atoms with Crippen LogP contribution >= 0.6 is 0 Å². The summed E-state index contributed by atoms with van der Waals surface area (Å²) in [6.07, 6.45) is 2.26. The smallest absolute Gasteiger partial charge is 0.157 e. The summed E-state index contributed by atoms with van der Waals surface area (Å²) in [6.45, 7) is 0. The van der Waals surface area contributed by atoms with Gasteiger partial charge in [-0.25, -0.2) is 0 Å². The molecule has 0 bridgehead atoms. The minimum atomic E-state index is -0.208. The average Bonchev–Trinajstić information content (AvgIpc) is 2.88. The van der Waals surface area contributed by atoms with Gasteiger partial charge in [0, 0.05) is 0 Å². The number of rotatable bonds is 9. The van der Waals surface area contributed by atoms with Crippen molar-refractivity contribution < 1.29 is 29.9 Å². The number of aryl methyl sites for hydroxylation is 2. The van der Waals surface area contributed by atoms with E-state index in [9.17, 15) is 20.4 Å². The van der Waals surface area contributed by atoms with Gasteiger partial charge in [0.15, 0.2) is 23.0 Å². The molecule has 0 aliphatic rings. The fourth-order valence-corrected chi connectivity index (χ4v) is 4.37. The number of aromatic hydroxyl groups is 4. The van der Waals surface area contributed by atoms with Gasteiger partial charge < -0.3 is 29.9 Å². The first-order valence-electron chi connectivity index (χ1n) is 11.7. The van der Waals surface area contributed by atoms with E-state index in [4.69, 9.17) is 9.47 Å². The zero-order chi connectivity index (χ0) is 25.7. The Morgan fingerprint density at radius 2 is 0.944 bits per heavy atom. The molecule has 186 valence electrons. The molecule has 4 aromatic carbocycles. The van der Waals surface area contributed by atoms with Crippen molar-refractivity contribution >= 4 is 0 Å². The van der Waals surface area contributed by atoms with Crippen LogP contribution in [0.1, 0.15) is 33.4 Å². The summed E-state index contributed by atoms with van der Waals surface area (Å²) in [4.78, 5) is 0. The normalized spacial score (nSPS) is 10.8. The fourth-order valence-electron chi connectivity index (χ4n) is 4.37. The second kappa shape index (κ2) is 11.0. The van der Waals surface area contributed by atoms with E-state index in [0.717, 1.165) is 44.9 Å². The minimum Gasteiger partial charge on any atom is -0.504 e. The molecule has 0 radical (unpaired) electrons. The highest BCUT2D eigenvalue weighted by atomic mass is 16.5. The van der Waals surface area contributed by atoms with Gasteiger partial charge in [-0.15, -0.1) is 0 Å². The van der Waals surface area contributed by atoms with Crippen LogP contribution < -0.4 is 9.47 Å². The first kappa shape index (κ1) is 24.8. The molecule has 6 nitrogen and oxygen atoms in total. The summed E-state index contributed by atoms with van der Waals surface area (Å²) in [5.41, 5.74) is 5.44. The van der Waals surface area contributed by atoms with Crippen LogP contribution in [0.2, 0.25) is 0 Å². The van der Waals surface area contributed by atoms with E-state index in [1.54, 1.807) is 38.5 Å². The van der Waals surface area contributed by atoms with Gasteiger partial charge in [-0.05, 0) is 108 Å². The van der Waals surface area contributed by atoms with Crippen LogP contribution in [0.15, 0.2) is 72.8 Å². The maximum atomic E-state index is 10.2. The van der Waals surface area contributed by atoms with E-state index in [1.165, 1.54) is 0 Å². The van der Waals surface area contributed by atoms with Gasteiger partial charge in [0.2, 0.25) is 0 Å². The Hall–Kier alpha value is -4.32. The van der Waals surface area contributed by atoms with Gasteiger partial charge in [-0.3, -0.25) is 0 Å².